The molecule has 0 aliphatic carbocycles. The molecule has 0 atom stereocenters. The van der Waals surface area contributed by atoms with Crippen LogP contribution in [0.25, 0.3) is 86.2 Å². The van der Waals surface area contributed by atoms with Crippen molar-refractivity contribution in [2.75, 3.05) is 0 Å². The van der Waals surface area contributed by atoms with E-state index in [1.165, 1.54) is 118 Å². The van der Waals surface area contributed by atoms with Crippen LogP contribution in [0, 0.1) is 24.7 Å². The van der Waals surface area contributed by atoms with E-state index in [1.807, 2.05) is 12.1 Å². The summed E-state index contributed by atoms with van der Waals surface area (Å²) < 4.78 is 0. The van der Waals surface area contributed by atoms with E-state index in [1.54, 1.807) is 0 Å². The van der Waals surface area contributed by atoms with Crippen molar-refractivity contribution in [3.05, 3.63) is 303 Å². The second-order valence-electron chi connectivity index (χ2n) is 19.3. The van der Waals surface area contributed by atoms with Gasteiger partial charge in [0.1, 0.15) is 47.7 Å². The molecule has 4 heteroatoms. The van der Waals surface area contributed by atoms with Gasteiger partial charge in [0.05, 0.1) is 0 Å². The van der Waals surface area contributed by atoms with Crippen LogP contribution in [0.5, 0.6) is 0 Å². The standard InChI is InChI=1S/C30H24P2.2C22H11.2Au/c1-5-15-25(16-6-1)31(26-17-7-2-8-18-26)29-23-13-14-24-30(29)32(27-19-9-3-10-20-27)28-21-11-4-12-22-28;2*1-2-14-12-16-8-5-10-18-17-9-3-6-15-7-4-11-19(21(15)17)20(13-14)22(16)18;;/h1-24H;2*3-13H;;/q;2*-1;2*+1/p+2. The van der Waals surface area contributed by atoms with Gasteiger partial charge in [-0.2, -0.15) is 0 Å². The minimum absolute atomic E-state index is 0. The quantitative estimate of drug-likeness (QED) is 0.0389. The van der Waals surface area contributed by atoms with Gasteiger partial charge in [0.15, 0.2) is 0 Å². The maximum atomic E-state index is 7.50. The Balaban J connectivity index is 0.000000125. The van der Waals surface area contributed by atoms with Gasteiger partial charge < -0.3 is 12.8 Å². The van der Waals surface area contributed by atoms with Crippen LogP contribution in [0.3, 0.4) is 0 Å². The zero-order valence-corrected chi connectivity index (χ0v) is 48.5. The van der Waals surface area contributed by atoms with E-state index in [4.69, 9.17) is 12.8 Å². The predicted molar refractivity (Wildman–Crippen MR) is 334 cm³/mol. The Hall–Kier alpha value is -7.64. The third-order valence-corrected chi connectivity index (χ3v) is 20.8. The summed E-state index contributed by atoms with van der Waals surface area (Å²) in [5, 5.41) is 28.9. The predicted octanol–water partition coefficient (Wildman–Crippen LogP) is 16.0. The van der Waals surface area contributed by atoms with Gasteiger partial charge in [-0.3, -0.25) is 11.8 Å². The largest absolute Gasteiger partial charge is 1.00 e. The van der Waals surface area contributed by atoms with E-state index in [0.717, 1.165) is 11.1 Å². The fourth-order valence-corrected chi connectivity index (χ4v) is 17.7. The zero-order valence-electron chi connectivity index (χ0n) is 42.2. The van der Waals surface area contributed by atoms with Gasteiger partial charge in [-0.05, 0) is 147 Å². The molecule has 0 saturated carbocycles. The molecule has 0 aromatic heterocycles. The van der Waals surface area contributed by atoms with Crippen molar-refractivity contribution in [2.45, 2.75) is 0 Å². The van der Waals surface area contributed by atoms with Crippen LogP contribution in [0.1, 0.15) is 11.1 Å². The second-order valence-corrected chi connectivity index (χ2v) is 24.2. The van der Waals surface area contributed by atoms with Gasteiger partial charge >= 0.3 is 44.8 Å². The Morgan fingerprint density at radius 2 is 0.474 bits per heavy atom. The number of rotatable bonds is 6. The van der Waals surface area contributed by atoms with Gasteiger partial charge in [0.2, 0.25) is 0 Å². The van der Waals surface area contributed by atoms with Crippen LogP contribution in [-0.2, 0) is 44.8 Å². The van der Waals surface area contributed by atoms with Gasteiger partial charge in [-0.15, -0.1) is 35.4 Å². The summed E-state index contributed by atoms with van der Waals surface area (Å²) in [6.07, 6.45) is 15.0. The molecule has 0 fully saturated rings. The van der Waals surface area contributed by atoms with Crippen molar-refractivity contribution in [2.24, 2.45) is 0 Å². The van der Waals surface area contributed by atoms with Crippen molar-refractivity contribution in [1.82, 2.24) is 0 Å². The Kier molecular flexibility index (Phi) is 15.5. The van der Waals surface area contributed by atoms with Crippen molar-refractivity contribution < 1.29 is 44.8 Å². The summed E-state index contributed by atoms with van der Waals surface area (Å²) in [4.78, 5) is 0. The monoisotopic (exact) mass is 1390 g/mol. The average Bonchev–Trinajstić information content (AvgIpc) is 3.63. The first-order valence-electron chi connectivity index (χ1n) is 25.7. The molecule has 374 valence electrons. The van der Waals surface area contributed by atoms with E-state index in [0.29, 0.717) is 0 Å². The average molecular weight is 1390 g/mol. The van der Waals surface area contributed by atoms with Crippen LogP contribution in [-0.4, -0.2) is 0 Å². The molecule has 78 heavy (non-hydrogen) atoms. The number of fused-ring (bicyclic) bond motifs is 4. The van der Waals surface area contributed by atoms with Crippen LogP contribution in [0.2, 0.25) is 0 Å². The first-order valence-corrected chi connectivity index (χ1v) is 28.7. The summed E-state index contributed by atoms with van der Waals surface area (Å²) in [6, 6.07) is 100. The number of hydrogen-bond acceptors (Lipinski definition) is 0. The summed E-state index contributed by atoms with van der Waals surface area (Å²) >= 11 is 0. The molecule has 0 bridgehead atoms. The minimum Gasteiger partial charge on any atom is -0.366 e. The molecule has 15 rings (SSSR count). The van der Waals surface area contributed by atoms with Crippen LogP contribution >= 0.6 is 15.8 Å². The first-order chi connectivity index (χ1) is 37.6. The second kappa shape index (κ2) is 23.1. The summed E-state index contributed by atoms with van der Waals surface area (Å²) in [7, 11) is -2.28. The molecule has 15 aromatic carbocycles. The first kappa shape index (κ1) is 52.4. The molecule has 15 aromatic rings. The topological polar surface area (TPSA) is 0 Å². The Morgan fingerprint density at radius 1 is 0.231 bits per heavy atom. The van der Waals surface area contributed by atoms with Crippen LogP contribution in [0.4, 0.5) is 0 Å². The molecule has 0 N–H and O–H groups in total. The molecular formula is C74H48Au2P2+2. The smallest absolute Gasteiger partial charge is 0.366 e. The van der Waals surface area contributed by atoms with E-state index in [-0.39, 0.29) is 44.8 Å². The van der Waals surface area contributed by atoms with Crippen LogP contribution in [0.15, 0.2) is 279 Å². The van der Waals surface area contributed by atoms with Crippen molar-refractivity contribution in [3.8, 4) is 11.8 Å². The maximum absolute atomic E-state index is 7.50. The van der Waals surface area contributed by atoms with E-state index in [9.17, 15) is 0 Å². The molecule has 0 nitrogen and oxygen atoms in total. The SMILES string of the molecule is [Au+].[Au+].[C-]#Cc1cc2cccc3c4cccc5cccc(c(c1)c23)c54.[C-]#Cc1cc2cccc3c4cccc5cccc(c(c1)c23)c54.c1ccc([PH+](c2ccccc2)c2ccccc2[PH+](c2ccccc2)c2ccccc2)cc1. The van der Waals surface area contributed by atoms with Gasteiger partial charge in [-0.1, -0.05) is 194 Å². The number of benzene rings is 15. The molecule has 0 radical (unpaired) electrons. The summed E-state index contributed by atoms with van der Waals surface area (Å²) in [5.74, 6) is 5.09. The third kappa shape index (κ3) is 9.64. The normalized spacial score (nSPS) is 11.1. The Morgan fingerprint density at radius 3 is 0.756 bits per heavy atom. The van der Waals surface area contributed by atoms with Crippen molar-refractivity contribution in [1.29, 1.82) is 0 Å². The fraction of sp³-hybridized carbons (Fsp3) is 0. The summed E-state index contributed by atoms with van der Waals surface area (Å²) in [6.45, 7) is 0. The maximum Gasteiger partial charge on any atom is 1.00 e. The fourth-order valence-electron chi connectivity index (χ4n) is 11.7. The van der Waals surface area contributed by atoms with Crippen LogP contribution < -0.4 is 31.8 Å². The minimum atomic E-state index is -1.14. The molecule has 0 unspecified atom stereocenters. The number of hydrogen-bond donors (Lipinski definition) is 0. The third-order valence-electron chi connectivity index (χ3n) is 14.9. The van der Waals surface area contributed by atoms with Crippen molar-refractivity contribution >= 4 is 134 Å². The van der Waals surface area contributed by atoms with Gasteiger partial charge in [0, 0.05) is 0 Å². The summed E-state index contributed by atoms with van der Waals surface area (Å²) in [5.41, 5.74) is 1.66. The molecule has 0 saturated heterocycles. The van der Waals surface area contributed by atoms with Crippen molar-refractivity contribution in [3.63, 3.8) is 0 Å². The molecule has 0 heterocycles. The Labute approximate surface area is 489 Å². The zero-order chi connectivity index (χ0) is 51.0. The molecule has 0 amide bonds. The van der Waals surface area contributed by atoms with Gasteiger partial charge in [0.25, 0.3) is 0 Å². The Bertz CT molecular complexity index is 4270. The van der Waals surface area contributed by atoms with E-state index in [2.05, 4.69) is 279 Å². The molecule has 0 aliphatic heterocycles. The molecule has 0 spiro atoms. The van der Waals surface area contributed by atoms with E-state index >= 15 is 0 Å². The molecule has 0 aliphatic rings. The van der Waals surface area contributed by atoms with Gasteiger partial charge in [-0.25, -0.2) is 0 Å². The molecular weight excluding hydrogens is 1340 g/mol. The van der Waals surface area contributed by atoms with E-state index < -0.39 is 15.8 Å².